The molecule has 4 N–H and O–H groups in total. The lowest BCUT2D eigenvalue weighted by atomic mass is 10.2. The number of anilines is 1. The van der Waals surface area contributed by atoms with Crippen LogP contribution in [0.3, 0.4) is 0 Å². The van der Waals surface area contributed by atoms with Gasteiger partial charge in [0.2, 0.25) is 0 Å². The summed E-state index contributed by atoms with van der Waals surface area (Å²) in [4.78, 5) is 33.5. The Bertz CT molecular complexity index is 626. The number of aromatic amines is 1. The summed E-state index contributed by atoms with van der Waals surface area (Å²) in [6.45, 7) is 1.84. The van der Waals surface area contributed by atoms with Crippen molar-refractivity contribution in [1.82, 2.24) is 20.3 Å². The van der Waals surface area contributed by atoms with Crippen molar-refractivity contribution < 1.29 is 14.7 Å². The highest BCUT2D eigenvalue weighted by Crippen LogP contribution is 2.07. The first kappa shape index (κ1) is 14.5. The van der Waals surface area contributed by atoms with Crippen LogP contribution in [0, 0.1) is 6.92 Å². The van der Waals surface area contributed by atoms with Gasteiger partial charge >= 0.3 is 12.0 Å². The molecule has 0 aromatic carbocycles. The summed E-state index contributed by atoms with van der Waals surface area (Å²) in [5.41, 5.74) is 2.01. The molecule has 0 aliphatic rings. The second-order valence-corrected chi connectivity index (χ2v) is 4.52. The van der Waals surface area contributed by atoms with E-state index in [0.717, 1.165) is 5.56 Å². The molecule has 1 unspecified atom stereocenters. The molecule has 2 amide bonds. The number of amides is 2. The van der Waals surface area contributed by atoms with Crippen molar-refractivity contribution in [1.29, 1.82) is 0 Å². The van der Waals surface area contributed by atoms with Crippen LogP contribution in [-0.4, -0.2) is 38.1 Å². The molecule has 0 saturated heterocycles. The largest absolute Gasteiger partial charge is 0.480 e. The Balaban J connectivity index is 1.96. The smallest absolute Gasteiger partial charge is 0.326 e. The van der Waals surface area contributed by atoms with Crippen molar-refractivity contribution in [2.45, 2.75) is 19.4 Å². The number of pyridine rings is 1. The van der Waals surface area contributed by atoms with Gasteiger partial charge in [0, 0.05) is 24.5 Å². The van der Waals surface area contributed by atoms with Gasteiger partial charge in [-0.1, -0.05) is 0 Å². The molecule has 0 aliphatic carbocycles. The molecular weight excluding hydrogens is 274 g/mol. The summed E-state index contributed by atoms with van der Waals surface area (Å²) in [5, 5.41) is 14.1. The van der Waals surface area contributed by atoms with E-state index in [1.807, 2.05) is 6.92 Å². The number of carbonyl (C=O) groups excluding carboxylic acids is 1. The quantitative estimate of drug-likeness (QED) is 0.652. The summed E-state index contributed by atoms with van der Waals surface area (Å²) in [6.07, 6.45) is 6.22. The molecule has 2 aromatic heterocycles. The Kier molecular flexibility index (Phi) is 4.50. The van der Waals surface area contributed by atoms with E-state index in [-0.39, 0.29) is 6.42 Å². The second kappa shape index (κ2) is 6.51. The lowest BCUT2D eigenvalue weighted by Crippen LogP contribution is -2.44. The van der Waals surface area contributed by atoms with Gasteiger partial charge in [0.05, 0.1) is 18.2 Å². The highest BCUT2D eigenvalue weighted by Gasteiger charge is 2.21. The molecule has 0 radical (unpaired) electrons. The van der Waals surface area contributed by atoms with Crippen LogP contribution in [0.2, 0.25) is 0 Å². The van der Waals surface area contributed by atoms with Gasteiger partial charge < -0.3 is 20.7 Å². The van der Waals surface area contributed by atoms with Gasteiger partial charge in [0.25, 0.3) is 0 Å². The second-order valence-electron chi connectivity index (χ2n) is 4.52. The summed E-state index contributed by atoms with van der Waals surface area (Å²) >= 11 is 0. The van der Waals surface area contributed by atoms with Crippen LogP contribution in [0.5, 0.6) is 0 Å². The summed E-state index contributed by atoms with van der Waals surface area (Å²) in [7, 11) is 0. The highest BCUT2D eigenvalue weighted by atomic mass is 16.4. The van der Waals surface area contributed by atoms with Gasteiger partial charge in [-0.15, -0.1) is 0 Å². The number of carboxylic acids is 1. The number of aliphatic carboxylic acids is 1. The molecule has 0 aliphatic heterocycles. The van der Waals surface area contributed by atoms with Crippen LogP contribution >= 0.6 is 0 Å². The molecule has 8 heteroatoms. The van der Waals surface area contributed by atoms with Gasteiger partial charge in [-0.2, -0.15) is 0 Å². The summed E-state index contributed by atoms with van der Waals surface area (Å²) in [5.74, 6) is -1.12. The minimum atomic E-state index is -1.12. The number of hydrogen-bond donors (Lipinski definition) is 4. The molecule has 0 bridgehead atoms. The third-order valence-corrected chi connectivity index (χ3v) is 2.72. The molecular formula is C13H15N5O3. The minimum absolute atomic E-state index is 0.120. The summed E-state index contributed by atoms with van der Waals surface area (Å²) in [6, 6.07) is 0.0783. The van der Waals surface area contributed by atoms with E-state index in [9.17, 15) is 9.59 Å². The third kappa shape index (κ3) is 4.30. The molecule has 0 fully saturated rings. The zero-order valence-corrected chi connectivity index (χ0v) is 11.3. The Morgan fingerprint density at radius 2 is 2.14 bits per heavy atom. The Morgan fingerprint density at radius 3 is 2.76 bits per heavy atom. The van der Waals surface area contributed by atoms with Crippen LogP contribution in [-0.2, 0) is 11.2 Å². The summed E-state index contributed by atoms with van der Waals surface area (Å²) < 4.78 is 0. The van der Waals surface area contributed by atoms with Gasteiger partial charge in [0.15, 0.2) is 0 Å². The predicted molar refractivity (Wildman–Crippen MR) is 74.8 cm³/mol. The molecule has 110 valence electrons. The molecule has 2 heterocycles. The number of carboxylic acid groups (broad SMARTS) is 1. The van der Waals surface area contributed by atoms with Crippen molar-refractivity contribution in [3.05, 3.63) is 42.2 Å². The maximum Gasteiger partial charge on any atom is 0.326 e. The van der Waals surface area contributed by atoms with Crippen LogP contribution in [0.25, 0.3) is 0 Å². The van der Waals surface area contributed by atoms with E-state index in [0.29, 0.717) is 11.4 Å². The number of H-pyrrole nitrogens is 1. The number of carbonyl (C=O) groups is 2. The number of urea groups is 1. The van der Waals surface area contributed by atoms with Crippen molar-refractivity contribution >= 4 is 17.7 Å². The highest BCUT2D eigenvalue weighted by molar-refractivity contribution is 5.92. The Labute approximate surface area is 120 Å². The average Bonchev–Trinajstić information content (AvgIpc) is 2.90. The molecule has 1 atom stereocenters. The van der Waals surface area contributed by atoms with E-state index in [1.54, 1.807) is 12.3 Å². The SMILES string of the molecule is Cc1cncc(NC(=O)NC(Cc2cnc[nH]2)C(=O)O)c1. The van der Waals surface area contributed by atoms with Crippen molar-refractivity contribution in [3.63, 3.8) is 0 Å². The number of aryl methyl sites for hydroxylation is 1. The molecule has 0 spiro atoms. The molecule has 21 heavy (non-hydrogen) atoms. The van der Waals surface area contributed by atoms with Crippen molar-refractivity contribution in [2.75, 3.05) is 5.32 Å². The first-order valence-corrected chi connectivity index (χ1v) is 6.24. The normalized spacial score (nSPS) is 11.7. The zero-order valence-electron chi connectivity index (χ0n) is 11.3. The number of aromatic nitrogens is 3. The van der Waals surface area contributed by atoms with Crippen LogP contribution in [0.15, 0.2) is 31.0 Å². The number of hydrogen-bond acceptors (Lipinski definition) is 4. The lowest BCUT2D eigenvalue weighted by molar-refractivity contribution is -0.139. The van der Waals surface area contributed by atoms with Crippen LogP contribution in [0.1, 0.15) is 11.3 Å². The lowest BCUT2D eigenvalue weighted by Gasteiger charge is -2.14. The first-order chi connectivity index (χ1) is 10.0. The van der Waals surface area contributed by atoms with Gasteiger partial charge in [0.1, 0.15) is 6.04 Å². The van der Waals surface area contributed by atoms with Crippen molar-refractivity contribution in [3.8, 4) is 0 Å². The van der Waals surface area contributed by atoms with E-state index in [4.69, 9.17) is 5.11 Å². The molecule has 0 saturated carbocycles. The zero-order chi connectivity index (χ0) is 15.2. The third-order valence-electron chi connectivity index (χ3n) is 2.72. The molecule has 8 nitrogen and oxygen atoms in total. The van der Waals surface area contributed by atoms with Gasteiger partial charge in [-0.3, -0.25) is 4.98 Å². The van der Waals surface area contributed by atoms with Crippen molar-refractivity contribution in [2.24, 2.45) is 0 Å². The van der Waals surface area contributed by atoms with E-state index >= 15 is 0 Å². The van der Waals surface area contributed by atoms with Gasteiger partial charge in [-0.05, 0) is 18.6 Å². The first-order valence-electron chi connectivity index (χ1n) is 6.24. The molecule has 2 rings (SSSR count). The number of nitrogens with zero attached hydrogens (tertiary/aromatic N) is 2. The number of rotatable bonds is 5. The Morgan fingerprint density at radius 1 is 1.33 bits per heavy atom. The van der Waals surface area contributed by atoms with E-state index < -0.39 is 18.0 Å². The standard InChI is InChI=1S/C13H15N5O3/c1-8-2-10(6-14-4-8)17-13(21)18-11(12(19)20)3-9-5-15-7-16-9/h2,4-7,11H,3H2,1H3,(H,15,16)(H,19,20)(H2,17,18,21). The number of imidazole rings is 1. The Hall–Kier alpha value is -2.90. The predicted octanol–water partition coefficient (Wildman–Crippen LogP) is 0.931. The van der Waals surface area contributed by atoms with Gasteiger partial charge in [-0.25, -0.2) is 14.6 Å². The van der Waals surface area contributed by atoms with E-state index in [1.165, 1.54) is 18.7 Å². The fourth-order valence-electron chi connectivity index (χ4n) is 1.77. The van der Waals surface area contributed by atoms with E-state index in [2.05, 4.69) is 25.6 Å². The average molecular weight is 289 g/mol. The maximum absolute atomic E-state index is 11.8. The fraction of sp³-hybridized carbons (Fsp3) is 0.231. The fourth-order valence-corrected chi connectivity index (χ4v) is 1.77. The molecule has 2 aromatic rings. The van der Waals surface area contributed by atoms with Crippen LogP contribution < -0.4 is 10.6 Å². The topological polar surface area (TPSA) is 120 Å². The minimum Gasteiger partial charge on any atom is -0.480 e. The number of nitrogens with one attached hydrogen (secondary N) is 3. The maximum atomic E-state index is 11.8. The monoisotopic (exact) mass is 289 g/mol. The van der Waals surface area contributed by atoms with Crippen LogP contribution in [0.4, 0.5) is 10.5 Å².